The molecular formula is C15H24N4O2. The zero-order chi connectivity index (χ0) is 14.7. The van der Waals surface area contributed by atoms with Gasteiger partial charge in [0.2, 0.25) is 0 Å². The Balaban J connectivity index is 1.78. The summed E-state index contributed by atoms with van der Waals surface area (Å²) in [5.74, 6) is 1.10. The van der Waals surface area contributed by atoms with Crippen molar-refractivity contribution in [1.29, 1.82) is 0 Å². The van der Waals surface area contributed by atoms with Crippen LogP contribution in [0, 0.1) is 0 Å². The van der Waals surface area contributed by atoms with E-state index in [0.29, 0.717) is 12.2 Å². The van der Waals surface area contributed by atoms with Crippen LogP contribution in [0.15, 0.2) is 6.33 Å². The van der Waals surface area contributed by atoms with Crippen LogP contribution in [0.3, 0.4) is 0 Å². The van der Waals surface area contributed by atoms with Crippen molar-refractivity contribution in [2.24, 2.45) is 0 Å². The van der Waals surface area contributed by atoms with Gasteiger partial charge in [0.25, 0.3) is 0 Å². The van der Waals surface area contributed by atoms with E-state index in [1.165, 1.54) is 0 Å². The SMILES string of the molecule is CCn1ncnc1CC(=O)C1(N2CCOCC2)CCCC1. The number of nitrogens with zero attached hydrogens (tertiary/aromatic N) is 4. The van der Waals surface area contributed by atoms with Crippen molar-refractivity contribution in [2.75, 3.05) is 26.3 Å². The Labute approximate surface area is 125 Å². The predicted molar refractivity (Wildman–Crippen MR) is 78.0 cm³/mol. The topological polar surface area (TPSA) is 60.2 Å². The second kappa shape index (κ2) is 6.23. The molecule has 0 atom stereocenters. The van der Waals surface area contributed by atoms with Gasteiger partial charge in [-0.3, -0.25) is 9.69 Å². The zero-order valence-electron chi connectivity index (χ0n) is 12.8. The van der Waals surface area contributed by atoms with Crippen LogP contribution in [0.4, 0.5) is 0 Å². The molecule has 1 aliphatic carbocycles. The van der Waals surface area contributed by atoms with Gasteiger partial charge in [0.1, 0.15) is 12.2 Å². The summed E-state index contributed by atoms with van der Waals surface area (Å²) in [7, 11) is 0. The van der Waals surface area contributed by atoms with E-state index in [0.717, 1.165) is 64.4 Å². The quantitative estimate of drug-likeness (QED) is 0.812. The highest BCUT2D eigenvalue weighted by atomic mass is 16.5. The number of hydrogen-bond acceptors (Lipinski definition) is 5. The van der Waals surface area contributed by atoms with E-state index in [1.807, 2.05) is 11.6 Å². The van der Waals surface area contributed by atoms with Crippen LogP contribution in [-0.4, -0.2) is 57.3 Å². The molecule has 0 unspecified atom stereocenters. The third-order valence-corrected chi connectivity index (χ3v) is 4.88. The number of ether oxygens (including phenoxy) is 1. The smallest absolute Gasteiger partial charge is 0.160 e. The first-order valence-corrected chi connectivity index (χ1v) is 7.99. The minimum absolute atomic E-state index is 0.283. The van der Waals surface area contributed by atoms with Crippen molar-refractivity contribution in [2.45, 2.75) is 51.1 Å². The molecule has 0 N–H and O–H groups in total. The van der Waals surface area contributed by atoms with Crippen LogP contribution in [0.2, 0.25) is 0 Å². The molecule has 1 saturated heterocycles. The van der Waals surface area contributed by atoms with Gasteiger partial charge in [0.05, 0.1) is 25.2 Å². The summed E-state index contributed by atoms with van der Waals surface area (Å²) in [6.07, 6.45) is 6.18. The van der Waals surface area contributed by atoms with Gasteiger partial charge in [0.15, 0.2) is 5.78 Å². The Morgan fingerprint density at radius 1 is 1.33 bits per heavy atom. The van der Waals surface area contributed by atoms with E-state index in [1.54, 1.807) is 6.33 Å². The monoisotopic (exact) mass is 292 g/mol. The number of rotatable bonds is 5. The van der Waals surface area contributed by atoms with Gasteiger partial charge in [-0.1, -0.05) is 12.8 Å². The molecule has 0 spiro atoms. The lowest BCUT2D eigenvalue weighted by molar-refractivity contribution is -0.134. The standard InChI is InChI=1S/C15H24N4O2/c1-2-19-14(16-12-17-19)11-13(20)15(5-3-4-6-15)18-7-9-21-10-8-18/h12H,2-11H2,1H3. The molecule has 2 aliphatic rings. The largest absolute Gasteiger partial charge is 0.379 e. The predicted octanol–water partition coefficient (Wildman–Crippen LogP) is 1.05. The van der Waals surface area contributed by atoms with Crippen molar-refractivity contribution in [1.82, 2.24) is 19.7 Å². The molecule has 6 heteroatoms. The summed E-state index contributed by atoms with van der Waals surface area (Å²) in [6, 6.07) is 0. The molecule has 0 radical (unpaired) electrons. The van der Waals surface area contributed by atoms with Gasteiger partial charge in [-0.2, -0.15) is 5.10 Å². The van der Waals surface area contributed by atoms with Gasteiger partial charge in [-0.15, -0.1) is 0 Å². The summed E-state index contributed by atoms with van der Waals surface area (Å²) < 4.78 is 7.27. The lowest BCUT2D eigenvalue weighted by atomic mass is 9.87. The molecular weight excluding hydrogens is 268 g/mol. The highest BCUT2D eigenvalue weighted by molar-refractivity contribution is 5.90. The lowest BCUT2D eigenvalue weighted by Gasteiger charge is -2.42. The molecule has 21 heavy (non-hydrogen) atoms. The van der Waals surface area contributed by atoms with Crippen molar-refractivity contribution in [3.8, 4) is 0 Å². The number of aryl methyl sites for hydroxylation is 1. The first-order valence-electron chi connectivity index (χ1n) is 7.99. The van der Waals surface area contributed by atoms with E-state index in [2.05, 4.69) is 15.0 Å². The number of Topliss-reactive ketones (excluding diaryl/α,β-unsaturated/α-hetero) is 1. The average Bonchev–Trinajstić information content (AvgIpc) is 3.17. The number of carbonyl (C=O) groups is 1. The van der Waals surface area contributed by atoms with E-state index in [9.17, 15) is 4.79 Å². The van der Waals surface area contributed by atoms with Crippen molar-refractivity contribution in [3.63, 3.8) is 0 Å². The number of morpholine rings is 1. The van der Waals surface area contributed by atoms with Crippen molar-refractivity contribution in [3.05, 3.63) is 12.2 Å². The number of aromatic nitrogens is 3. The first kappa shape index (κ1) is 14.7. The van der Waals surface area contributed by atoms with Crippen LogP contribution < -0.4 is 0 Å². The molecule has 1 aromatic heterocycles. The second-order valence-corrected chi connectivity index (χ2v) is 5.93. The van der Waals surface area contributed by atoms with Gasteiger partial charge in [0, 0.05) is 19.6 Å². The highest BCUT2D eigenvalue weighted by Gasteiger charge is 2.46. The van der Waals surface area contributed by atoms with Crippen LogP contribution in [0.25, 0.3) is 0 Å². The average molecular weight is 292 g/mol. The zero-order valence-corrected chi connectivity index (χ0v) is 12.8. The van der Waals surface area contributed by atoms with E-state index in [-0.39, 0.29) is 5.54 Å². The minimum Gasteiger partial charge on any atom is -0.379 e. The van der Waals surface area contributed by atoms with Gasteiger partial charge >= 0.3 is 0 Å². The maximum absolute atomic E-state index is 13.0. The third-order valence-electron chi connectivity index (χ3n) is 4.88. The van der Waals surface area contributed by atoms with Crippen molar-refractivity contribution >= 4 is 5.78 Å². The third kappa shape index (κ3) is 2.74. The van der Waals surface area contributed by atoms with Crippen molar-refractivity contribution < 1.29 is 9.53 Å². The molecule has 1 saturated carbocycles. The van der Waals surface area contributed by atoms with E-state index in [4.69, 9.17) is 4.74 Å². The Kier molecular flexibility index (Phi) is 4.35. The number of ketones is 1. The fraction of sp³-hybridized carbons (Fsp3) is 0.800. The summed E-state index contributed by atoms with van der Waals surface area (Å²) in [5.41, 5.74) is -0.283. The van der Waals surface area contributed by atoms with Crippen LogP contribution in [0.1, 0.15) is 38.4 Å². The molecule has 6 nitrogen and oxygen atoms in total. The Bertz CT molecular complexity index is 488. The highest BCUT2D eigenvalue weighted by Crippen LogP contribution is 2.37. The van der Waals surface area contributed by atoms with Crippen LogP contribution in [-0.2, 0) is 22.5 Å². The Morgan fingerprint density at radius 2 is 2.05 bits per heavy atom. The molecule has 2 fully saturated rings. The lowest BCUT2D eigenvalue weighted by Crippen LogP contribution is -2.57. The number of carbonyl (C=O) groups excluding carboxylic acids is 1. The summed E-state index contributed by atoms with van der Waals surface area (Å²) in [6.45, 7) is 5.99. The van der Waals surface area contributed by atoms with Gasteiger partial charge in [-0.25, -0.2) is 9.67 Å². The minimum atomic E-state index is -0.283. The molecule has 1 aromatic rings. The summed E-state index contributed by atoms with van der Waals surface area (Å²) in [5, 5.41) is 4.17. The molecule has 116 valence electrons. The fourth-order valence-electron chi connectivity index (χ4n) is 3.72. The number of hydrogen-bond donors (Lipinski definition) is 0. The molecule has 0 amide bonds. The van der Waals surface area contributed by atoms with Crippen LogP contribution >= 0.6 is 0 Å². The first-order chi connectivity index (χ1) is 10.3. The molecule has 3 rings (SSSR count). The molecule has 0 aromatic carbocycles. The fourth-order valence-corrected chi connectivity index (χ4v) is 3.72. The second-order valence-electron chi connectivity index (χ2n) is 5.93. The maximum Gasteiger partial charge on any atom is 0.160 e. The van der Waals surface area contributed by atoms with E-state index >= 15 is 0 Å². The maximum atomic E-state index is 13.0. The summed E-state index contributed by atoms with van der Waals surface area (Å²) >= 11 is 0. The van der Waals surface area contributed by atoms with E-state index < -0.39 is 0 Å². The summed E-state index contributed by atoms with van der Waals surface area (Å²) in [4.78, 5) is 19.7. The normalized spacial score (nSPS) is 22.5. The Hall–Kier alpha value is -1.27. The van der Waals surface area contributed by atoms with Gasteiger partial charge < -0.3 is 4.74 Å². The van der Waals surface area contributed by atoms with Crippen LogP contribution in [0.5, 0.6) is 0 Å². The molecule has 0 bridgehead atoms. The molecule has 2 heterocycles. The van der Waals surface area contributed by atoms with Gasteiger partial charge in [-0.05, 0) is 19.8 Å². The molecule has 1 aliphatic heterocycles. The Morgan fingerprint density at radius 3 is 2.71 bits per heavy atom.